The van der Waals surface area contributed by atoms with Crippen LogP contribution < -0.4 is 15.4 Å². The minimum absolute atomic E-state index is 0.174. The number of likely N-dealkylation sites (tertiary alicyclic amines) is 1. The Morgan fingerprint density at radius 2 is 2.04 bits per heavy atom. The second-order valence-corrected chi connectivity index (χ2v) is 6.26. The Bertz CT molecular complexity index is 767. The molecule has 0 unspecified atom stereocenters. The molecule has 1 aromatic heterocycles. The fourth-order valence-corrected chi connectivity index (χ4v) is 3.14. The summed E-state index contributed by atoms with van der Waals surface area (Å²) in [6.45, 7) is 2.75. The first-order valence-corrected chi connectivity index (χ1v) is 8.57. The number of ether oxygens (including phenoxy) is 1. The van der Waals surface area contributed by atoms with Gasteiger partial charge in [-0.15, -0.1) is 0 Å². The summed E-state index contributed by atoms with van der Waals surface area (Å²) in [5.74, 6) is 1.70. The maximum Gasteiger partial charge on any atom is 0.321 e. The van der Waals surface area contributed by atoms with Crippen LogP contribution in [0.5, 0.6) is 5.75 Å². The van der Waals surface area contributed by atoms with E-state index >= 15 is 0 Å². The number of methoxy groups -OCH3 is 1. The van der Waals surface area contributed by atoms with E-state index in [0.717, 1.165) is 18.7 Å². The third-order valence-corrected chi connectivity index (χ3v) is 4.45. The average Bonchev–Trinajstić information content (AvgIpc) is 3.16. The second kappa shape index (κ2) is 7.90. The fourth-order valence-electron chi connectivity index (χ4n) is 3.14. The monoisotopic (exact) mass is 357 g/mol. The molecule has 8 heteroatoms. The summed E-state index contributed by atoms with van der Waals surface area (Å²) in [4.78, 5) is 33.1. The minimum atomic E-state index is -0.179. The number of aromatic nitrogens is 2. The molecular weight excluding hydrogens is 334 g/mol. The summed E-state index contributed by atoms with van der Waals surface area (Å²) in [7, 11) is 1.54. The van der Waals surface area contributed by atoms with Crippen molar-refractivity contribution in [1.29, 1.82) is 0 Å². The van der Waals surface area contributed by atoms with E-state index < -0.39 is 0 Å². The van der Waals surface area contributed by atoms with Crippen LogP contribution in [0.25, 0.3) is 0 Å². The summed E-state index contributed by atoms with van der Waals surface area (Å²) in [6.07, 6.45) is 5.31. The zero-order chi connectivity index (χ0) is 18.5. The van der Waals surface area contributed by atoms with Gasteiger partial charge in [0, 0.05) is 44.0 Å². The molecule has 26 heavy (non-hydrogen) atoms. The van der Waals surface area contributed by atoms with E-state index in [0.29, 0.717) is 36.1 Å². The molecule has 8 nitrogen and oxygen atoms in total. The molecule has 0 saturated carbocycles. The molecule has 0 bridgehead atoms. The summed E-state index contributed by atoms with van der Waals surface area (Å²) < 4.78 is 5.30. The molecule has 1 aromatic carbocycles. The Balaban J connectivity index is 1.63. The molecule has 1 saturated heterocycles. The van der Waals surface area contributed by atoms with Gasteiger partial charge < -0.3 is 25.3 Å². The second-order valence-electron chi connectivity index (χ2n) is 6.26. The average molecular weight is 357 g/mol. The molecule has 138 valence electrons. The number of nitrogens with one attached hydrogen (secondary N) is 3. The highest BCUT2D eigenvalue weighted by atomic mass is 16.5. The first-order chi connectivity index (χ1) is 12.6. The first kappa shape index (κ1) is 17.8. The highest BCUT2D eigenvalue weighted by Gasteiger charge is 2.25. The van der Waals surface area contributed by atoms with Crippen molar-refractivity contribution in [3.63, 3.8) is 0 Å². The Labute approximate surface area is 151 Å². The lowest BCUT2D eigenvalue weighted by atomic mass is 9.96. The van der Waals surface area contributed by atoms with Crippen molar-refractivity contribution in [2.45, 2.75) is 25.7 Å². The maximum atomic E-state index is 12.6. The Morgan fingerprint density at radius 1 is 1.27 bits per heavy atom. The largest absolute Gasteiger partial charge is 0.495 e. The van der Waals surface area contributed by atoms with Gasteiger partial charge in [0.15, 0.2) is 0 Å². The number of anilines is 2. The van der Waals surface area contributed by atoms with E-state index in [1.165, 1.54) is 14.0 Å². The van der Waals surface area contributed by atoms with Gasteiger partial charge in [-0.05, 0) is 31.0 Å². The number of carbonyl (C=O) groups excluding carboxylic acids is 2. The topological polar surface area (TPSA) is 99.3 Å². The van der Waals surface area contributed by atoms with Crippen molar-refractivity contribution in [3.8, 4) is 5.75 Å². The summed E-state index contributed by atoms with van der Waals surface area (Å²) in [5, 5.41) is 5.58. The Kier molecular flexibility index (Phi) is 5.40. The van der Waals surface area contributed by atoms with Gasteiger partial charge in [0.05, 0.1) is 12.8 Å². The van der Waals surface area contributed by atoms with Gasteiger partial charge >= 0.3 is 6.03 Å². The van der Waals surface area contributed by atoms with Crippen LogP contribution in [0.15, 0.2) is 30.6 Å². The summed E-state index contributed by atoms with van der Waals surface area (Å²) >= 11 is 0. The highest BCUT2D eigenvalue weighted by molar-refractivity contribution is 5.94. The van der Waals surface area contributed by atoms with Crippen LogP contribution in [0.4, 0.5) is 16.2 Å². The van der Waals surface area contributed by atoms with E-state index in [-0.39, 0.29) is 11.9 Å². The molecule has 3 rings (SSSR count). The molecule has 0 radical (unpaired) electrons. The molecule has 1 aliphatic heterocycles. The van der Waals surface area contributed by atoms with E-state index in [1.54, 1.807) is 29.3 Å². The number of piperidine rings is 1. The van der Waals surface area contributed by atoms with Crippen molar-refractivity contribution >= 4 is 23.3 Å². The molecule has 3 amide bonds. The van der Waals surface area contributed by atoms with Crippen molar-refractivity contribution in [2.75, 3.05) is 30.8 Å². The van der Waals surface area contributed by atoms with E-state index in [9.17, 15) is 9.59 Å². The maximum absolute atomic E-state index is 12.6. The zero-order valence-corrected chi connectivity index (χ0v) is 14.9. The molecule has 3 N–H and O–H groups in total. The molecule has 1 fully saturated rings. The zero-order valence-electron chi connectivity index (χ0n) is 14.9. The van der Waals surface area contributed by atoms with Gasteiger partial charge in [0.2, 0.25) is 5.91 Å². The molecule has 2 aromatic rings. The summed E-state index contributed by atoms with van der Waals surface area (Å²) in [6, 6.07) is 4.95. The van der Waals surface area contributed by atoms with Crippen LogP contribution in [0.3, 0.4) is 0 Å². The smallest absolute Gasteiger partial charge is 0.321 e. The molecule has 1 aliphatic rings. The quantitative estimate of drug-likeness (QED) is 0.783. The van der Waals surface area contributed by atoms with Gasteiger partial charge in [0.1, 0.15) is 11.6 Å². The van der Waals surface area contributed by atoms with Crippen molar-refractivity contribution in [3.05, 3.63) is 36.4 Å². The number of amides is 3. The predicted molar refractivity (Wildman–Crippen MR) is 98.5 cm³/mol. The Morgan fingerprint density at radius 3 is 2.65 bits per heavy atom. The third kappa shape index (κ3) is 4.14. The SMILES string of the molecule is COc1ccc(NC(C)=O)cc1NC(=O)N1CCC(c2ncc[nH]2)CC1. The number of hydrogen-bond acceptors (Lipinski definition) is 4. The highest BCUT2D eigenvalue weighted by Crippen LogP contribution is 2.29. The number of urea groups is 1. The number of benzene rings is 1. The van der Waals surface area contributed by atoms with Gasteiger partial charge in [-0.3, -0.25) is 4.79 Å². The van der Waals surface area contributed by atoms with Crippen molar-refractivity contribution in [1.82, 2.24) is 14.9 Å². The van der Waals surface area contributed by atoms with Crippen molar-refractivity contribution in [2.24, 2.45) is 0 Å². The molecule has 0 aliphatic carbocycles. The van der Waals surface area contributed by atoms with Crippen LogP contribution in [-0.2, 0) is 4.79 Å². The third-order valence-electron chi connectivity index (χ3n) is 4.45. The standard InChI is InChI=1S/C18H23N5O3/c1-12(24)21-14-3-4-16(26-2)15(11-14)22-18(25)23-9-5-13(6-10-23)17-19-7-8-20-17/h3-4,7-8,11,13H,5-6,9-10H2,1-2H3,(H,19,20)(H,21,24)(H,22,25). The Hall–Kier alpha value is -3.03. The molecular formula is C18H23N5O3. The lowest BCUT2D eigenvalue weighted by Gasteiger charge is -2.31. The van der Waals surface area contributed by atoms with Crippen LogP contribution in [0, 0.1) is 0 Å². The normalized spacial score (nSPS) is 14.8. The lowest BCUT2D eigenvalue weighted by molar-refractivity contribution is -0.114. The summed E-state index contributed by atoms with van der Waals surface area (Å²) in [5.41, 5.74) is 1.13. The number of nitrogens with zero attached hydrogens (tertiary/aromatic N) is 2. The van der Waals surface area contributed by atoms with Gasteiger partial charge in [0.25, 0.3) is 0 Å². The number of rotatable bonds is 4. The predicted octanol–water partition coefficient (Wildman–Crippen LogP) is 2.79. The lowest BCUT2D eigenvalue weighted by Crippen LogP contribution is -2.40. The number of imidazole rings is 1. The van der Waals surface area contributed by atoms with Crippen LogP contribution in [-0.4, -0.2) is 47.0 Å². The number of hydrogen-bond donors (Lipinski definition) is 3. The van der Waals surface area contributed by atoms with E-state index in [2.05, 4.69) is 20.6 Å². The van der Waals surface area contributed by atoms with E-state index in [1.807, 2.05) is 6.20 Å². The van der Waals surface area contributed by atoms with Gasteiger partial charge in [-0.2, -0.15) is 0 Å². The number of H-pyrrole nitrogens is 1. The molecule has 0 spiro atoms. The fraction of sp³-hybridized carbons (Fsp3) is 0.389. The number of carbonyl (C=O) groups is 2. The number of aromatic amines is 1. The molecule has 0 atom stereocenters. The minimum Gasteiger partial charge on any atom is -0.495 e. The van der Waals surface area contributed by atoms with Crippen LogP contribution >= 0.6 is 0 Å². The first-order valence-electron chi connectivity index (χ1n) is 8.57. The van der Waals surface area contributed by atoms with Crippen LogP contribution in [0.2, 0.25) is 0 Å². The molecule has 2 heterocycles. The van der Waals surface area contributed by atoms with Gasteiger partial charge in [-0.25, -0.2) is 9.78 Å². The van der Waals surface area contributed by atoms with Crippen LogP contribution in [0.1, 0.15) is 31.5 Å². The van der Waals surface area contributed by atoms with Crippen molar-refractivity contribution < 1.29 is 14.3 Å². The van der Waals surface area contributed by atoms with Gasteiger partial charge in [-0.1, -0.05) is 0 Å². The van der Waals surface area contributed by atoms with E-state index in [4.69, 9.17) is 4.74 Å².